The summed E-state index contributed by atoms with van der Waals surface area (Å²) < 4.78 is 10.8. The Morgan fingerprint density at radius 2 is 1.78 bits per heavy atom. The van der Waals surface area contributed by atoms with Crippen molar-refractivity contribution in [1.29, 1.82) is 0 Å². The number of rotatable bonds is 3. The number of halogens is 1. The molecule has 27 heavy (non-hydrogen) atoms. The van der Waals surface area contributed by atoms with Crippen LogP contribution in [0.4, 0.5) is 0 Å². The third kappa shape index (κ3) is 3.37. The van der Waals surface area contributed by atoms with Gasteiger partial charge in [0.2, 0.25) is 6.79 Å². The lowest BCUT2D eigenvalue weighted by Gasteiger charge is -2.36. The van der Waals surface area contributed by atoms with Crippen molar-refractivity contribution in [3.63, 3.8) is 0 Å². The summed E-state index contributed by atoms with van der Waals surface area (Å²) >= 11 is 0. The summed E-state index contributed by atoms with van der Waals surface area (Å²) in [5.74, 6) is 1.88. The summed E-state index contributed by atoms with van der Waals surface area (Å²) in [4.78, 5) is 17.2. The molecule has 0 saturated carbocycles. The van der Waals surface area contributed by atoms with Crippen LogP contribution in [-0.2, 0) is 13.1 Å². The highest BCUT2D eigenvalue weighted by atomic mass is 35.5. The number of nitrogens with zero attached hydrogens (tertiary/aromatic N) is 2. The monoisotopic (exact) mass is 386 g/mol. The first-order valence-corrected chi connectivity index (χ1v) is 9.28. The molecule has 0 unspecified atom stereocenters. The zero-order valence-electron chi connectivity index (χ0n) is 15.1. The van der Waals surface area contributed by atoms with Crippen LogP contribution in [0.1, 0.15) is 34.3 Å². The minimum atomic E-state index is 0. The van der Waals surface area contributed by atoms with Crippen LogP contribution >= 0.6 is 12.4 Å². The molecule has 0 aromatic heterocycles. The molecule has 3 heterocycles. The normalized spacial score (nSPS) is 19.1. The Hall–Kier alpha value is -2.24. The number of amides is 1. The molecule has 0 radical (unpaired) electrons. The molecule has 0 N–H and O–H groups in total. The highest BCUT2D eigenvalue weighted by molar-refractivity contribution is 5.98. The summed E-state index contributed by atoms with van der Waals surface area (Å²) in [5.41, 5.74) is 3.30. The average Bonchev–Trinajstić information content (AvgIpc) is 3.27. The maximum absolute atomic E-state index is 12.7. The Balaban J connectivity index is 0.00000180. The lowest BCUT2D eigenvalue weighted by Crippen LogP contribution is -2.44. The molecule has 1 fully saturated rings. The molecule has 0 aliphatic carbocycles. The Kier molecular flexibility index (Phi) is 4.98. The number of likely N-dealkylation sites (tertiary alicyclic amines) is 1. The van der Waals surface area contributed by atoms with Crippen molar-refractivity contribution in [2.75, 3.05) is 19.9 Å². The van der Waals surface area contributed by atoms with Crippen molar-refractivity contribution < 1.29 is 14.3 Å². The van der Waals surface area contributed by atoms with Crippen molar-refractivity contribution >= 4 is 18.3 Å². The Labute approximate surface area is 165 Å². The molecule has 0 bridgehead atoms. The number of hydrogen-bond acceptors (Lipinski definition) is 4. The minimum absolute atomic E-state index is 0. The second kappa shape index (κ2) is 7.41. The molecule has 0 spiro atoms. The lowest BCUT2D eigenvalue weighted by molar-refractivity contribution is 0.0590. The summed E-state index contributed by atoms with van der Waals surface area (Å²) in [6.07, 6.45) is 2.06. The highest BCUT2D eigenvalue weighted by Crippen LogP contribution is 2.33. The molecule has 5 rings (SSSR count). The number of carbonyl (C=O) groups excluding carboxylic acids is 1. The number of carbonyl (C=O) groups is 1. The van der Waals surface area contributed by atoms with E-state index in [9.17, 15) is 4.79 Å². The topological polar surface area (TPSA) is 42.0 Å². The maximum atomic E-state index is 12.7. The van der Waals surface area contributed by atoms with Crippen molar-refractivity contribution in [3.05, 3.63) is 59.2 Å². The third-order valence-corrected chi connectivity index (χ3v) is 5.69. The molecular weight excluding hydrogens is 364 g/mol. The SMILES string of the molecule is Cl.O=C1c2ccccc2CN1C1CCN(Cc2ccc3c(c2)OCO3)CC1. The van der Waals surface area contributed by atoms with Crippen LogP contribution in [0.25, 0.3) is 0 Å². The van der Waals surface area contributed by atoms with Crippen LogP contribution in [0, 0.1) is 0 Å². The molecule has 142 valence electrons. The van der Waals surface area contributed by atoms with Gasteiger partial charge in [-0.05, 0) is 42.2 Å². The lowest BCUT2D eigenvalue weighted by atomic mass is 10.0. The van der Waals surface area contributed by atoms with Gasteiger partial charge in [0.25, 0.3) is 5.91 Å². The van der Waals surface area contributed by atoms with E-state index >= 15 is 0 Å². The highest BCUT2D eigenvalue weighted by Gasteiger charge is 2.34. The standard InChI is InChI=1S/C21H22N2O3.ClH/c24-21-18-4-2-1-3-16(18)13-23(21)17-7-9-22(10-8-17)12-15-5-6-19-20(11-15)26-14-25-19;/h1-6,11,17H,7-10,12-14H2;1H. The molecule has 2 aromatic carbocycles. The van der Waals surface area contributed by atoms with E-state index in [0.29, 0.717) is 12.8 Å². The summed E-state index contributed by atoms with van der Waals surface area (Å²) in [7, 11) is 0. The molecule has 3 aliphatic heterocycles. The van der Waals surface area contributed by atoms with Crippen LogP contribution in [0.5, 0.6) is 11.5 Å². The van der Waals surface area contributed by atoms with Crippen LogP contribution in [0.15, 0.2) is 42.5 Å². The van der Waals surface area contributed by atoms with E-state index in [0.717, 1.165) is 56.1 Å². The number of piperidine rings is 1. The fraction of sp³-hybridized carbons (Fsp3) is 0.381. The van der Waals surface area contributed by atoms with E-state index in [2.05, 4.69) is 28.0 Å². The van der Waals surface area contributed by atoms with E-state index in [1.165, 1.54) is 11.1 Å². The van der Waals surface area contributed by atoms with Gasteiger partial charge in [-0.1, -0.05) is 24.3 Å². The fourth-order valence-corrected chi connectivity index (χ4v) is 4.26. The summed E-state index contributed by atoms with van der Waals surface area (Å²) in [6, 6.07) is 14.5. The van der Waals surface area contributed by atoms with Gasteiger partial charge >= 0.3 is 0 Å². The molecule has 3 aliphatic rings. The van der Waals surface area contributed by atoms with Gasteiger partial charge in [-0.3, -0.25) is 9.69 Å². The molecule has 1 amide bonds. The van der Waals surface area contributed by atoms with Gasteiger partial charge in [-0.15, -0.1) is 12.4 Å². The smallest absolute Gasteiger partial charge is 0.254 e. The number of hydrogen-bond donors (Lipinski definition) is 0. The first kappa shape index (κ1) is 18.1. The van der Waals surface area contributed by atoms with Crippen LogP contribution in [0.3, 0.4) is 0 Å². The fourth-order valence-electron chi connectivity index (χ4n) is 4.26. The second-order valence-electron chi connectivity index (χ2n) is 7.29. The van der Waals surface area contributed by atoms with Gasteiger partial charge in [-0.2, -0.15) is 0 Å². The molecular formula is C21H23ClN2O3. The third-order valence-electron chi connectivity index (χ3n) is 5.69. The van der Waals surface area contributed by atoms with Crippen LogP contribution < -0.4 is 9.47 Å². The van der Waals surface area contributed by atoms with Gasteiger partial charge in [0, 0.05) is 37.8 Å². The average molecular weight is 387 g/mol. The largest absolute Gasteiger partial charge is 0.454 e. The van der Waals surface area contributed by atoms with E-state index < -0.39 is 0 Å². The molecule has 1 saturated heterocycles. The zero-order chi connectivity index (χ0) is 17.5. The van der Waals surface area contributed by atoms with Crippen molar-refractivity contribution in [1.82, 2.24) is 9.80 Å². The van der Waals surface area contributed by atoms with Crippen molar-refractivity contribution in [2.45, 2.75) is 32.0 Å². The number of fused-ring (bicyclic) bond motifs is 2. The molecule has 6 heteroatoms. The van der Waals surface area contributed by atoms with Gasteiger partial charge in [-0.25, -0.2) is 0 Å². The zero-order valence-corrected chi connectivity index (χ0v) is 15.9. The molecule has 0 atom stereocenters. The Morgan fingerprint density at radius 3 is 2.59 bits per heavy atom. The predicted octanol–water partition coefficient (Wildman–Crippen LogP) is 3.46. The second-order valence-corrected chi connectivity index (χ2v) is 7.29. The first-order chi connectivity index (χ1) is 12.8. The molecule has 2 aromatic rings. The summed E-state index contributed by atoms with van der Waals surface area (Å²) in [6.45, 7) is 4.02. The molecule has 5 nitrogen and oxygen atoms in total. The number of benzene rings is 2. The summed E-state index contributed by atoms with van der Waals surface area (Å²) in [5, 5.41) is 0. The van der Waals surface area contributed by atoms with E-state index in [-0.39, 0.29) is 18.3 Å². The van der Waals surface area contributed by atoms with Gasteiger partial charge in [0.15, 0.2) is 11.5 Å². The Bertz CT molecular complexity index is 849. The van der Waals surface area contributed by atoms with E-state index in [1.54, 1.807) is 0 Å². The quantitative estimate of drug-likeness (QED) is 0.810. The maximum Gasteiger partial charge on any atom is 0.254 e. The van der Waals surface area contributed by atoms with E-state index in [1.807, 2.05) is 24.3 Å². The first-order valence-electron chi connectivity index (χ1n) is 9.28. The van der Waals surface area contributed by atoms with E-state index in [4.69, 9.17) is 9.47 Å². The predicted molar refractivity (Wildman–Crippen MR) is 104 cm³/mol. The van der Waals surface area contributed by atoms with Crippen molar-refractivity contribution in [3.8, 4) is 11.5 Å². The van der Waals surface area contributed by atoms with Gasteiger partial charge < -0.3 is 14.4 Å². The Morgan fingerprint density at radius 1 is 1.00 bits per heavy atom. The minimum Gasteiger partial charge on any atom is -0.454 e. The van der Waals surface area contributed by atoms with Crippen molar-refractivity contribution in [2.24, 2.45) is 0 Å². The van der Waals surface area contributed by atoms with Gasteiger partial charge in [0.1, 0.15) is 0 Å². The van der Waals surface area contributed by atoms with Gasteiger partial charge in [0.05, 0.1) is 0 Å². The number of ether oxygens (including phenoxy) is 2. The van der Waals surface area contributed by atoms with Crippen LogP contribution in [0.2, 0.25) is 0 Å². The van der Waals surface area contributed by atoms with Crippen LogP contribution in [-0.4, -0.2) is 41.6 Å².